The number of carbonyl (C=O) groups excluding carboxylic acids is 1. The number of nitro benzene ring substituents is 3. The van der Waals surface area contributed by atoms with Crippen molar-refractivity contribution in [3.8, 4) is 11.1 Å². The van der Waals surface area contributed by atoms with E-state index in [2.05, 4.69) is 0 Å². The number of hydrogen-bond donors (Lipinski definition) is 0. The molecule has 0 fully saturated rings. The van der Waals surface area contributed by atoms with E-state index in [1.165, 1.54) is 33.7 Å². The third-order valence-corrected chi connectivity index (χ3v) is 8.27. The Morgan fingerprint density at radius 3 is 2.03 bits per heavy atom. The quantitative estimate of drug-likeness (QED) is 0.122. The molecular weight excluding hydrogens is 522 g/mol. The Morgan fingerprint density at radius 2 is 1.43 bits per heavy atom. The Hall–Kier alpha value is -4.49. The van der Waals surface area contributed by atoms with Crippen LogP contribution in [-0.4, -0.2) is 27.8 Å². The molecule has 0 atom stereocenters. The van der Waals surface area contributed by atoms with Crippen LogP contribution in [0.1, 0.15) is 27.0 Å². The first-order valence-electron chi connectivity index (χ1n) is 10.5. The van der Waals surface area contributed by atoms with Crippen molar-refractivity contribution in [2.45, 2.75) is 0 Å². The molecule has 37 heavy (non-hydrogen) atoms. The van der Waals surface area contributed by atoms with Gasteiger partial charge in [-0.05, 0) is 17.2 Å². The van der Waals surface area contributed by atoms with Gasteiger partial charge in [-0.1, -0.05) is 51.9 Å². The summed E-state index contributed by atoms with van der Waals surface area (Å²) in [5, 5.41) is 35.5. The van der Waals surface area contributed by atoms with Gasteiger partial charge in [-0.15, -0.1) is 0 Å². The van der Waals surface area contributed by atoms with Crippen LogP contribution in [0.3, 0.4) is 0 Å². The van der Waals surface area contributed by atoms with Gasteiger partial charge in [0.1, 0.15) is 0 Å². The zero-order valence-electron chi connectivity index (χ0n) is 18.7. The minimum atomic E-state index is -0.932. The molecule has 11 nitrogen and oxygen atoms in total. The predicted octanol–water partition coefficient (Wildman–Crippen LogP) is 6.37. The van der Waals surface area contributed by atoms with Crippen LogP contribution in [0.4, 0.5) is 17.1 Å². The van der Waals surface area contributed by atoms with Crippen LogP contribution in [0.5, 0.6) is 0 Å². The van der Waals surface area contributed by atoms with Gasteiger partial charge in [0.2, 0.25) is 0 Å². The fraction of sp³-hybridized carbons (Fsp3) is 0.0417. The van der Waals surface area contributed by atoms with Crippen LogP contribution in [0.2, 0.25) is 0 Å². The lowest BCUT2D eigenvalue weighted by molar-refractivity contribution is -0.393. The van der Waals surface area contributed by atoms with E-state index in [9.17, 15) is 35.1 Å². The highest BCUT2D eigenvalue weighted by molar-refractivity contribution is 8.82. The third-order valence-electron chi connectivity index (χ3n) is 5.83. The van der Waals surface area contributed by atoms with Crippen molar-refractivity contribution in [1.29, 1.82) is 0 Å². The number of fused-ring (bicyclic) bond motifs is 3. The lowest BCUT2D eigenvalue weighted by atomic mass is 9.97. The van der Waals surface area contributed by atoms with Gasteiger partial charge in [0.05, 0.1) is 39.1 Å². The Balaban J connectivity index is 1.92. The number of benzene rings is 3. The van der Waals surface area contributed by atoms with Crippen molar-refractivity contribution >= 4 is 55.1 Å². The van der Waals surface area contributed by atoms with E-state index in [4.69, 9.17) is 4.74 Å². The molecule has 184 valence electrons. The van der Waals surface area contributed by atoms with Crippen LogP contribution in [-0.2, 0) is 4.74 Å². The molecule has 3 aromatic rings. The number of rotatable bonds is 5. The molecule has 0 aromatic heterocycles. The van der Waals surface area contributed by atoms with Crippen molar-refractivity contribution in [2.75, 3.05) is 7.11 Å². The molecule has 5 rings (SSSR count). The fourth-order valence-electron chi connectivity index (χ4n) is 4.31. The van der Waals surface area contributed by atoms with E-state index < -0.39 is 37.8 Å². The lowest BCUT2D eigenvalue weighted by Gasteiger charge is -2.09. The van der Waals surface area contributed by atoms with Gasteiger partial charge in [-0.3, -0.25) is 30.3 Å². The van der Waals surface area contributed by atoms with Crippen molar-refractivity contribution in [3.05, 3.63) is 118 Å². The number of hydrogen-bond acceptors (Lipinski definition) is 10. The fourth-order valence-corrected chi connectivity index (χ4v) is 6.79. The molecular formula is C24H13N3O8S2. The van der Waals surface area contributed by atoms with Gasteiger partial charge in [0.15, 0.2) is 0 Å². The molecule has 1 aliphatic carbocycles. The first-order chi connectivity index (χ1) is 17.7. The second-order valence-electron chi connectivity index (χ2n) is 7.85. The van der Waals surface area contributed by atoms with E-state index >= 15 is 0 Å². The Kier molecular flexibility index (Phi) is 6.01. The molecule has 0 N–H and O–H groups in total. The molecule has 0 bridgehead atoms. The second-order valence-corrected chi connectivity index (χ2v) is 10.1. The van der Waals surface area contributed by atoms with Crippen LogP contribution in [0.25, 0.3) is 21.6 Å². The van der Waals surface area contributed by atoms with E-state index in [1.807, 2.05) is 36.4 Å². The zero-order chi connectivity index (χ0) is 26.4. The summed E-state index contributed by atoms with van der Waals surface area (Å²) in [5.41, 5.74) is -0.205. The molecule has 1 heterocycles. The summed E-state index contributed by atoms with van der Waals surface area (Å²) in [7, 11) is 3.81. The molecule has 2 aliphatic rings. The minimum absolute atomic E-state index is 0.0319. The normalized spacial score (nSPS) is 15.5. The summed E-state index contributed by atoms with van der Waals surface area (Å²) in [6, 6.07) is 13.6. The summed E-state index contributed by atoms with van der Waals surface area (Å²) in [6.45, 7) is 0. The summed E-state index contributed by atoms with van der Waals surface area (Å²) in [4.78, 5) is 47.4. The van der Waals surface area contributed by atoms with Gasteiger partial charge >= 0.3 is 5.97 Å². The van der Waals surface area contributed by atoms with Crippen LogP contribution in [0, 0.1) is 30.3 Å². The maximum absolute atomic E-state index is 12.7. The Labute approximate surface area is 215 Å². The number of esters is 1. The van der Waals surface area contributed by atoms with E-state index in [0.717, 1.165) is 29.7 Å². The highest BCUT2D eigenvalue weighted by Crippen LogP contribution is 2.59. The molecule has 1 aliphatic heterocycles. The highest BCUT2D eigenvalue weighted by Gasteiger charge is 2.40. The van der Waals surface area contributed by atoms with Crippen molar-refractivity contribution in [1.82, 2.24) is 0 Å². The number of allylic oxidation sites excluding steroid dienone is 1. The molecule has 0 amide bonds. The third kappa shape index (κ3) is 4.03. The number of ether oxygens (including phenoxy) is 1. The summed E-state index contributed by atoms with van der Waals surface area (Å²) < 4.78 is 4.83. The summed E-state index contributed by atoms with van der Waals surface area (Å²) in [5.74, 6) is -0.932. The number of nitro groups is 3. The number of carbonyl (C=O) groups is 1. The first kappa shape index (κ1) is 24.2. The monoisotopic (exact) mass is 535 g/mol. The summed E-state index contributed by atoms with van der Waals surface area (Å²) >= 11 is 0. The number of nitrogens with zero attached hydrogens (tertiary/aromatic N) is 3. The SMILES string of the molecule is COC(=O)c1cc([N+](=O)[O-])cc2c1-c1c(cc([N+](=O)[O-])cc1[N+](=O)[O-])/C2=C1\C=C(c2ccccc2)SS1. The average Bonchev–Trinajstić information content (AvgIpc) is 3.50. The van der Waals surface area contributed by atoms with Gasteiger partial charge in [-0.25, -0.2) is 4.79 Å². The van der Waals surface area contributed by atoms with Gasteiger partial charge in [0, 0.05) is 44.7 Å². The van der Waals surface area contributed by atoms with Crippen molar-refractivity contribution in [3.63, 3.8) is 0 Å². The predicted molar refractivity (Wildman–Crippen MR) is 139 cm³/mol. The van der Waals surface area contributed by atoms with Crippen LogP contribution >= 0.6 is 21.6 Å². The zero-order valence-corrected chi connectivity index (χ0v) is 20.3. The van der Waals surface area contributed by atoms with E-state index in [1.54, 1.807) is 0 Å². The largest absolute Gasteiger partial charge is 0.465 e. The van der Waals surface area contributed by atoms with Gasteiger partial charge in [-0.2, -0.15) is 0 Å². The molecule has 13 heteroatoms. The first-order valence-corrected chi connectivity index (χ1v) is 12.6. The average molecular weight is 536 g/mol. The molecule has 0 unspecified atom stereocenters. The molecule has 0 radical (unpaired) electrons. The standard InChI is InChI=1S/C24H13N3O8S2/c1-35-24(28)17-9-13(25(29)30)7-15-21(20-11-19(36-37-20)12-5-3-2-4-6-12)16-8-14(26(31)32)10-18(27(33)34)23(16)22(15)17/h2-11H,1H3/b21-20+. The van der Waals surface area contributed by atoms with Gasteiger partial charge in [0.25, 0.3) is 17.1 Å². The smallest absolute Gasteiger partial charge is 0.338 e. The Bertz CT molecular complexity index is 1620. The molecule has 0 saturated carbocycles. The lowest BCUT2D eigenvalue weighted by Crippen LogP contribution is -2.06. The maximum Gasteiger partial charge on any atom is 0.338 e. The Morgan fingerprint density at radius 1 is 0.811 bits per heavy atom. The minimum Gasteiger partial charge on any atom is -0.465 e. The topological polar surface area (TPSA) is 156 Å². The van der Waals surface area contributed by atoms with Gasteiger partial charge < -0.3 is 4.74 Å². The molecule has 3 aromatic carbocycles. The molecule has 0 saturated heterocycles. The van der Waals surface area contributed by atoms with Crippen LogP contribution < -0.4 is 0 Å². The second kappa shape index (κ2) is 9.19. The van der Waals surface area contributed by atoms with Crippen molar-refractivity contribution in [2.24, 2.45) is 0 Å². The summed E-state index contributed by atoms with van der Waals surface area (Å²) in [6.07, 6.45) is 1.82. The van der Waals surface area contributed by atoms with Crippen molar-refractivity contribution < 1.29 is 24.3 Å². The van der Waals surface area contributed by atoms with Crippen LogP contribution in [0.15, 0.2) is 65.6 Å². The number of non-ortho nitro benzene ring substituents is 2. The van der Waals surface area contributed by atoms with E-state index in [-0.39, 0.29) is 27.8 Å². The highest BCUT2D eigenvalue weighted by atomic mass is 33.1. The molecule has 0 spiro atoms. The van der Waals surface area contributed by atoms with E-state index in [0.29, 0.717) is 10.5 Å². The number of methoxy groups -OCH3 is 1. The maximum atomic E-state index is 12.7.